The van der Waals surface area contributed by atoms with Crippen LogP contribution in [0.1, 0.15) is 12.5 Å². The molecule has 0 saturated carbocycles. The minimum atomic E-state index is -0.0148. The van der Waals surface area contributed by atoms with E-state index in [-0.39, 0.29) is 11.5 Å². The lowest BCUT2D eigenvalue weighted by atomic mass is 10.1. The second kappa shape index (κ2) is 5.12. The van der Waals surface area contributed by atoms with Crippen LogP contribution < -0.4 is 14.9 Å². The van der Waals surface area contributed by atoms with Crippen LogP contribution in [-0.2, 0) is 6.42 Å². The van der Waals surface area contributed by atoms with Crippen molar-refractivity contribution < 1.29 is 9.47 Å². The molecule has 3 aromatic rings. The van der Waals surface area contributed by atoms with E-state index in [9.17, 15) is 4.79 Å². The third-order valence-electron chi connectivity index (χ3n) is 4.11. The fourth-order valence-electron chi connectivity index (χ4n) is 3.04. The number of methoxy groups -OCH3 is 1. The smallest absolute Gasteiger partial charge is 0.207 e. The number of rotatable bonds is 2. The monoisotopic (exact) mass is 308 g/mol. The van der Waals surface area contributed by atoms with E-state index in [0.717, 1.165) is 11.4 Å². The minimum absolute atomic E-state index is 0.0113. The molecule has 0 N–H and O–H groups in total. The van der Waals surface area contributed by atoms with E-state index in [4.69, 9.17) is 9.47 Å². The van der Waals surface area contributed by atoms with Crippen LogP contribution in [-0.4, -0.2) is 22.8 Å². The van der Waals surface area contributed by atoms with E-state index in [2.05, 4.69) is 4.98 Å². The lowest BCUT2D eigenvalue weighted by Crippen LogP contribution is -2.14. The molecule has 1 aliphatic heterocycles. The molecule has 5 nitrogen and oxygen atoms in total. The number of hydrogen-bond donors (Lipinski definition) is 0. The Balaban J connectivity index is 2.07. The molecule has 2 aromatic heterocycles. The molecule has 1 atom stereocenters. The highest BCUT2D eigenvalue weighted by Crippen LogP contribution is 2.32. The molecule has 23 heavy (non-hydrogen) atoms. The first-order chi connectivity index (χ1) is 11.2. The van der Waals surface area contributed by atoms with Gasteiger partial charge in [0.2, 0.25) is 5.88 Å². The number of hydrogen-bond acceptors (Lipinski definition) is 4. The van der Waals surface area contributed by atoms with Gasteiger partial charge < -0.3 is 9.47 Å². The Morgan fingerprint density at radius 1 is 1.26 bits per heavy atom. The van der Waals surface area contributed by atoms with Crippen molar-refractivity contribution in [2.45, 2.75) is 19.4 Å². The zero-order valence-corrected chi connectivity index (χ0v) is 12.9. The Morgan fingerprint density at radius 3 is 2.78 bits per heavy atom. The fraction of sp³-hybridized carbons (Fsp3) is 0.222. The van der Waals surface area contributed by atoms with Crippen LogP contribution in [0.4, 0.5) is 0 Å². The van der Waals surface area contributed by atoms with E-state index >= 15 is 0 Å². The lowest BCUT2D eigenvalue weighted by Gasteiger charge is -2.16. The molecule has 0 fully saturated rings. The van der Waals surface area contributed by atoms with Gasteiger partial charge in [0, 0.05) is 12.6 Å². The summed E-state index contributed by atoms with van der Waals surface area (Å²) in [6.45, 7) is 1.97. The molecule has 1 aliphatic rings. The van der Waals surface area contributed by atoms with E-state index in [1.165, 1.54) is 0 Å². The highest BCUT2D eigenvalue weighted by Gasteiger charge is 2.28. The predicted octanol–water partition coefficient (Wildman–Crippen LogP) is 2.72. The second-order valence-electron chi connectivity index (χ2n) is 5.65. The van der Waals surface area contributed by atoms with Crippen molar-refractivity contribution in [3.63, 3.8) is 0 Å². The van der Waals surface area contributed by atoms with Gasteiger partial charge in [-0.2, -0.15) is 0 Å². The van der Waals surface area contributed by atoms with Crippen molar-refractivity contribution in [3.05, 3.63) is 58.4 Å². The summed E-state index contributed by atoms with van der Waals surface area (Å²) >= 11 is 0. The van der Waals surface area contributed by atoms with Crippen molar-refractivity contribution in [3.8, 4) is 17.3 Å². The first-order valence-corrected chi connectivity index (χ1v) is 7.52. The number of pyridine rings is 2. The highest BCUT2D eigenvalue weighted by molar-refractivity contribution is 5.79. The standard InChI is InChI=1S/C18H16N2O3/c1-11-10-15-16(21)14-4-3-9-19-17(14)20(18(15)23-11)12-5-7-13(22-2)8-6-12/h3-9,11H,10H2,1-2H3. The maximum atomic E-state index is 12.7. The Labute approximate surface area is 133 Å². The summed E-state index contributed by atoms with van der Waals surface area (Å²) in [5, 5.41) is 0.611. The van der Waals surface area contributed by atoms with E-state index in [0.29, 0.717) is 28.9 Å². The zero-order valence-electron chi connectivity index (χ0n) is 12.9. The number of fused-ring (bicyclic) bond motifs is 2. The molecule has 4 rings (SSSR count). The van der Waals surface area contributed by atoms with E-state index in [1.54, 1.807) is 19.4 Å². The van der Waals surface area contributed by atoms with Crippen molar-refractivity contribution >= 4 is 11.0 Å². The van der Waals surface area contributed by atoms with Gasteiger partial charge in [0.25, 0.3) is 0 Å². The van der Waals surface area contributed by atoms with Crippen molar-refractivity contribution in [2.24, 2.45) is 0 Å². The van der Waals surface area contributed by atoms with E-state index < -0.39 is 0 Å². The van der Waals surface area contributed by atoms with Crippen LogP contribution in [0.2, 0.25) is 0 Å². The van der Waals surface area contributed by atoms with Gasteiger partial charge in [-0.1, -0.05) is 0 Å². The molecule has 3 heterocycles. The third kappa shape index (κ3) is 2.08. The number of nitrogens with zero attached hydrogens (tertiary/aromatic N) is 2. The molecule has 0 radical (unpaired) electrons. The molecule has 0 spiro atoms. The Bertz CT molecular complexity index is 945. The second-order valence-corrected chi connectivity index (χ2v) is 5.65. The number of ether oxygens (including phenoxy) is 2. The fourth-order valence-corrected chi connectivity index (χ4v) is 3.04. The van der Waals surface area contributed by atoms with Crippen molar-refractivity contribution in [1.29, 1.82) is 0 Å². The van der Waals surface area contributed by atoms with Gasteiger partial charge in [0.05, 0.1) is 23.7 Å². The summed E-state index contributed by atoms with van der Waals surface area (Å²) in [6, 6.07) is 11.2. The summed E-state index contributed by atoms with van der Waals surface area (Å²) in [5.74, 6) is 1.37. The molecule has 0 saturated heterocycles. The van der Waals surface area contributed by atoms with Gasteiger partial charge in [-0.15, -0.1) is 0 Å². The largest absolute Gasteiger partial charge is 0.497 e. The quantitative estimate of drug-likeness (QED) is 0.730. The summed E-state index contributed by atoms with van der Waals surface area (Å²) in [7, 11) is 1.63. The molecular weight excluding hydrogens is 292 g/mol. The van der Waals surface area contributed by atoms with E-state index in [1.807, 2.05) is 41.8 Å². The first-order valence-electron chi connectivity index (χ1n) is 7.52. The highest BCUT2D eigenvalue weighted by atomic mass is 16.5. The molecule has 1 unspecified atom stereocenters. The van der Waals surface area contributed by atoms with Crippen LogP contribution in [0.3, 0.4) is 0 Å². The SMILES string of the molecule is COc1ccc(-n2c3c(c(=O)c4cccnc42)CC(C)O3)cc1. The van der Waals surface area contributed by atoms with Gasteiger partial charge >= 0.3 is 0 Å². The topological polar surface area (TPSA) is 53.4 Å². The normalized spacial score (nSPS) is 16.2. The molecule has 0 bridgehead atoms. The van der Waals surface area contributed by atoms with Crippen LogP contribution in [0.5, 0.6) is 11.6 Å². The van der Waals surface area contributed by atoms with Crippen molar-refractivity contribution in [1.82, 2.24) is 9.55 Å². The molecule has 0 amide bonds. The zero-order chi connectivity index (χ0) is 16.0. The Hall–Kier alpha value is -2.82. The summed E-state index contributed by atoms with van der Waals surface area (Å²) < 4.78 is 13.1. The third-order valence-corrected chi connectivity index (χ3v) is 4.11. The van der Waals surface area contributed by atoms with Crippen LogP contribution in [0, 0.1) is 0 Å². The Morgan fingerprint density at radius 2 is 2.04 bits per heavy atom. The van der Waals surface area contributed by atoms with Gasteiger partial charge in [-0.3, -0.25) is 9.36 Å². The van der Waals surface area contributed by atoms with Crippen LogP contribution in [0.25, 0.3) is 16.7 Å². The molecule has 116 valence electrons. The molecule has 0 aliphatic carbocycles. The summed E-state index contributed by atoms with van der Waals surface area (Å²) in [6.07, 6.45) is 2.29. The predicted molar refractivity (Wildman–Crippen MR) is 87.7 cm³/mol. The summed E-state index contributed by atoms with van der Waals surface area (Å²) in [5.41, 5.74) is 2.22. The van der Waals surface area contributed by atoms with Crippen molar-refractivity contribution in [2.75, 3.05) is 7.11 Å². The number of benzene rings is 1. The van der Waals surface area contributed by atoms with Gasteiger partial charge in [0.1, 0.15) is 11.9 Å². The maximum Gasteiger partial charge on any atom is 0.207 e. The van der Waals surface area contributed by atoms with Crippen LogP contribution >= 0.6 is 0 Å². The average Bonchev–Trinajstić information content (AvgIpc) is 2.97. The van der Waals surface area contributed by atoms with Gasteiger partial charge in [-0.05, 0) is 43.3 Å². The molecular formula is C18H16N2O3. The molecule has 5 heteroatoms. The summed E-state index contributed by atoms with van der Waals surface area (Å²) in [4.78, 5) is 17.1. The average molecular weight is 308 g/mol. The van der Waals surface area contributed by atoms with Gasteiger partial charge in [0.15, 0.2) is 11.1 Å². The first kappa shape index (κ1) is 13.8. The maximum absolute atomic E-state index is 12.7. The Kier molecular flexibility index (Phi) is 3.08. The molecule has 1 aromatic carbocycles. The number of aromatic nitrogens is 2. The minimum Gasteiger partial charge on any atom is -0.497 e. The lowest BCUT2D eigenvalue weighted by molar-refractivity contribution is 0.242. The van der Waals surface area contributed by atoms with Gasteiger partial charge in [-0.25, -0.2) is 4.98 Å². The van der Waals surface area contributed by atoms with Crippen LogP contribution in [0.15, 0.2) is 47.4 Å².